The quantitative estimate of drug-likeness (QED) is 0.447. The van der Waals surface area contributed by atoms with Crippen LogP contribution in [0.2, 0.25) is 0 Å². The van der Waals surface area contributed by atoms with Crippen molar-refractivity contribution in [1.82, 2.24) is 0 Å². The van der Waals surface area contributed by atoms with E-state index in [-0.39, 0.29) is 0 Å². The van der Waals surface area contributed by atoms with E-state index in [0.29, 0.717) is 0 Å². The summed E-state index contributed by atoms with van der Waals surface area (Å²) < 4.78 is 0. The summed E-state index contributed by atoms with van der Waals surface area (Å²) in [7, 11) is 0. The van der Waals surface area contributed by atoms with Crippen molar-refractivity contribution < 1.29 is 0 Å². The van der Waals surface area contributed by atoms with E-state index in [0.717, 1.165) is 5.92 Å². The molecular formula is C10H14. The van der Waals surface area contributed by atoms with Crippen molar-refractivity contribution in [1.29, 1.82) is 0 Å². The molecule has 0 saturated heterocycles. The average molecular weight is 134 g/mol. The minimum absolute atomic E-state index is 0.851. The van der Waals surface area contributed by atoms with Crippen molar-refractivity contribution in [3.8, 4) is 0 Å². The van der Waals surface area contributed by atoms with Gasteiger partial charge in [0, 0.05) is 0 Å². The van der Waals surface area contributed by atoms with Crippen LogP contribution in [0, 0.1) is 5.92 Å². The highest BCUT2D eigenvalue weighted by Gasteiger charge is 2.11. The van der Waals surface area contributed by atoms with Crippen molar-refractivity contribution in [2.45, 2.75) is 32.6 Å². The molecule has 0 spiro atoms. The Kier molecular flexibility index (Phi) is 2.57. The standard InChI is InChI=1S/C10H14/c1-3-5-10-7-4-6-9(2)8-10/h9H,1,4,6-8H2,2H3. The predicted molar refractivity (Wildman–Crippen MR) is 43.8 cm³/mol. The van der Waals surface area contributed by atoms with Crippen LogP contribution in [0.1, 0.15) is 32.6 Å². The molecule has 1 fully saturated rings. The first-order chi connectivity index (χ1) is 4.83. The van der Waals surface area contributed by atoms with E-state index in [4.69, 9.17) is 0 Å². The first-order valence-electron chi connectivity index (χ1n) is 3.95. The van der Waals surface area contributed by atoms with Gasteiger partial charge in [0.2, 0.25) is 0 Å². The van der Waals surface area contributed by atoms with Gasteiger partial charge in [0.1, 0.15) is 0 Å². The maximum Gasteiger partial charge on any atom is -0.0197 e. The molecule has 10 heavy (non-hydrogen) atoms. The Balaban J connectivity index is 2.64. The zero-order valence-corrected chi connectivity index (χ0v) is 6.61. The molecule has 0 radical (unpaired) electrons. The molecule has 0 bridgehead atoms. The molecule has 0 N–H and O–H groups in total. The third kappa shape index (κ3) is 1.92. The molecule has 54 valence electrons. The largest absolute Gasteiger partial charge is 0.0782 e. The van der Waals surface area contributed by atoms with E-state index in [1.54, 1.807) is 0 Å². The topological polar surface area (TPSA) is 0 Å². The minimum atomic E-state index is 0.851. The van der Waals surface area contributed by atoms with E-state index in [9.17, 15) is 0 Å². The first kappa shape index (κ1) is 7.41. The summed E-state index contributed by atoms with van der Waals surface area (Å²) in [5.74, 6) is 0.851. The highest BCUT2D eigenvalue weighted by atomic mass is 14.2. The van der Waals surface area contributed by atoms with Gasteiger partial charge in [-0.1, -0.05) is 24.8 Å². The van der Waals surface area contributed by atoms with Gasteiger partial charge in [-0.3, -0.25) is 0 Å². The minimum Gasteiger partial charge on any atom is -0.0782 e. The van der Waals surface area contributed by atoms with E-state index >= 15 is 0 Å². The van der Waals surface area contributed by atoms with Gasteiger partial charge in [0.25, 0.3) is 0 Å². The van der Waals surface area contributed by atoms with E-state index in [2.05, 4.69) is 25.0 Å². The SMILES string of the molecule is C=C=C=C1CCCC(C)C1. The predicted octanol–water partition coefficient (Wildman–Crippen LogP) is 3.06. The van der Waals surface area contributed by atoms with Crippen LogP contribution in [-0.4, -0.2) is 0 Å². The smallest absolute Gasteiger partial charge is 0.0197 e. The van der Waals surface area contributed by atoms with Gasteiger partial charge >= 0.3 is 0 Å². The summed E-state index contributed by atoms with van der Waals surface area (Å²) in [4.78, 5) is 0. The van der Waals surface area contributed by atoms with Crippen LogP contribution in [0.15, 0.2) is 23.6 Å². The zero-order chi connectivity index (χ0) is 7.40. The van der Waals surface area contributed by atoms with Crippen LogP contribution >= 0.6 is 0 Å². The second-order valence-corrected chi connectivity index (χ2v) is 3.11. The molecule has 1 saturated carbocycles. The normalized spacial score (nSPS) is 25.3. The Labute approximate surface area is 62.9 Å². The molecule has 0 nitrogen and oxygen atoms in total. The molecule has 0 aliphatic heterocycles. The Hall–Kier alpha value is -0.700. The maximum atomic E-state index is 3.52. The van der Waals surface area contributed by atoms with Crippen LogP contribution in [0.3, 0.4) is 0 Å². The molecule has 0 heterocycles. The molecule has 0 amide bonds. The van der Waals surface area contributed by atoms with Crippen LogP contribution in [0.4, 0.5) is 0 Å². The number of hydrogen-bond donors (Lipinski definition) is 0. The third-order valence-electron chi connectivity index (χ3n) is 2.04. The summed E-state index contributed by atoms with van der Waals surface area (Å²) in [6, 6.07) is 0. The van der Waals surface area contributed by atoms with Gasteiger partial charge in [0.05, 0.1) is 0 Å². The van der Waals surface area contributed by atoms with Crippen LogP contribution in [-0.2, 0) is 0 Å². The van der Waals surface area contributed by atoms with Crippen LogP contribution in [0.5, 0.6) is 0 Å². The van der Waals surface area contributed by atoms with Crippen molar-refractivity contribution in [2.24, 2.45) is 5.92 Å². The molecule has 1 atom stereocenters. The molecule has 1 aliphatic rings. The average Bonchev–Trinajstić information content (AvgIpc) is 1.88. The lowest BCUT2D eigenvalue weighted by Crippen LogP contribution is -2.03. The van der Waals surface area contributed by atoms with Gasteiger partial charge in [-0.15, -0.1) is 0 Å². The maximum absolute atomic E-state index is 3.52. The Morgan fingerprint density at radius 3 is 3.00 bits per heavy atom. The Bertz CT molecular complexity index is 188. The van der Waals surface area contributed by atoms with E-state index < -0.39 is 0 Å². The monoisotopic (exact) mass is 134 g/mol. The molecule has 0 heteroatoms. The lowest BCUT2D eigenvalue weighted by Gasteiger charge is -2.17. The lowest BCUT2D eigenvalue weighted by molar-refractivity contribution is 0.453. The van der Waals surface area contributed by atoms with Crippen molar-refractivity contribution >= 4 is 0 Å². The highest BCUT2D eigenvalue weighted by Crippen LogP contribution is 2.26. The fourth-order valence-electron chi connectivity index (χ4n) is 1.53. The number of allylic oxidation sites excluding steroid dienone is 1. The van der Waals surface area contributed by atoms with Crippen LogP contribution in [0.25, 0.3) is 0 Å². The molecule has 1 rings (SSSR count). The summed E-state index contributed by atoms with van der Waals surface area (Å²) in [6.45, 7) is 5.82. The number of rotatable bonds is 0. The Morgan fingerprint density at radius 2 is 2.40 bits per heavy atom. The van der Waals surface area contributed by atoms with Gasteiger partial charge in [-0.05, 0) is 37.3 Å². The molecule has 1 unspecified atom stereocenters. The zero-order valence-electron chi connectivity index (χ0n) is 6.61. The molecule has 0 aromatic rings. The molecular weight excluding hydrogens is 120 g/mol. The fourth-order valence-corrected chi connectivity index (χ4v) is 1.53. The second-order valence-electron chi connectivity index (χ2n) is 3.11. The van der Waals surface area contributed by atoms with Crippen molar-refractivity contribution in [3.05, 3.63) is 23.6 Å². The third-order valence-corrected chi connectivity index (χ3v) is 2.04. The van der Waals surface area contributed by atoms with Gasteiger partial charge in [0.15, 0.2) is 0 Å². The van der Waals surface area contributed by atoms with Crippen molar-refractivity contribution in [3.63, 3.8) is 0 Å². The lowest BCUT2D eigenvalue weighted by atomic mass is 9.87. The molecule has 0 aromatic carbocycles. The summed E-state index contributed by atoms with van der Waals surface area (Å²) in [6.07, 6.45) is 5.13. The second kappa shape index (κ2) is 3.46. The fraction of sp³-hybridized carbons (Fsp3) is 0.600. The highest BCUT2D eigenvalue weighted by molar-refractivity contribution is 5.03. The van der Waals surface area contributed by atoms with E-state index in [1.807, 2.05) is 0 Å². The van der Waals surface area contributed by atoms with Gasteiger partial charge in [-0.25, -0.2) is 0 Å². The summed E-state index contributed by atoms with van der Waals surface area (Å²) in [5.41, 5.74) is 7.20. The number of hydrogen-bond acceptors (Lipinski definition) is 0. The summed E-state index contributed by atoms with van der Waals surface area (Å²) >= 11 is 0. The molecule has 1 aliphatic carbocycles. The Morgan fingerprint density at radius 1 is 1.60 bits per heavy atom. The molecule has 0 aromatic heterocycles. The first-order valence-corrected chi connectivity index (χ1v) is 3.95. The van der Waals surface area contributed by atoms with E-state index in [1.165, 1.54) is 31.3 Å². The van der Waals surface area contributed by atoms with Crippen LogP contribution < -0.4 is 0 Å². The summed E-state index contributed by atoms with van der Waals surface area (Å²) in [5, 5.41) is 0. The van der Waals surface area contributed by atoms with Gasteiger partial charge in [-0.2, -0.15) is 0 Å². The van der Waals surface area contributed by atoms with Gasteiger partial charge < -0.3 is 0 Å². The van der Waals surface area contributed by atoms with Crippen molar-refractivity contribution in [2.75, 3.05) is 0 Å².